The normalized spacial score (nSPS) is 9.21. The highest BCUT2D eigenvalue weighted by Gasteiger charge is 2.01. The maximum absolute atomic E-state index is 11.2. The average molecular weight is 255 g/mol. The SMILES string of the molecule is C=CCNC(=O)Nc1ccccc1Br. The van der Waals surface area contributed by atoms with Gasteiger partial charge in [-0.3, -0.25) is 0 Å². The van der Waals surface area contributed by atoms with Crippen LogP contribution in [0.25, 0.3) is 0 Å². The van der Waals surface area contributed by atoms with Crippen molar-refractivity contribution in [2.75, 3.05) is 11.9 Å². The Morgan fingerprint density at radius 2 is 2.21 bits per heavy atom. The van der Waals surface area contributed by atoms with E-state index in [0.717, 1.165) is 10.2 Å². The van der Waals surface area contributed by atoms with Gasteiger partial charge in [-0.1, -0.05) is 18.2 Å². The summed E-state index contributed by atoms with van der Waals surface area (Å²) >= 11 is 3.33. The van der Waals surface area contributed by atoms with E-state index < -0.39 is 0 Å². The molecule has 0 aliphatic rings. The van der Waals surface area contributed by atoms with Gasteiger partial charge in [0.2, 0.25) is 0 Å². The lowest BCUT2D eigenvalue weighted by Crippen LogP contribution is -2.28. The van der Waals surface area contributed by atoms with E-state index in [1.54, 1.807) is 6.08 Å². The molecular weight excluding hydrogens is 244 g/mol. The van der Waals surface area contributed by atoms with E-state index in [9.17, 15) is 4.79 Å². The largest absolute Gasteiger partial charge is 0.334 e. The van der Waals surface area contributed by atoms with E-state index in [1.165, 1.54) is 0 Å². The van der Waals surface area contributed by atoms with Crippen LogP contribution in [0.1, 0.15) is 0 Å². The van der Waals surface area contributed by atoms with Crippen LogP contribution in [0.4, 0.5) is 10.5 Å². The van der Waals surface area contributed by atoms with Crippen molar-refractivity contribution >= 4 is 27.6 Å². The number of urea groups is 1. The second-order valence-electron chi connectivity index (χ2n) is 2.60. The fourth-order valence-electron chi connectivity index (χ4n) is 0.894. The standard InChI is InChI=1S/C10H11BrN2O/c1-2-7-12-10(14)13-9-6-4-3-5-8(9)11/h2-6H,1,7H2,(H2,12,13,14). The summed E-state index contributed by atoms with van der Waals surface area (Å²) in [6.45, 7) is 3.96. The van der Waals surface area contributed by atoms with Crippen LogP contribution in [0.3, 0.4) is 0 Å². The molecule has 1 aromatic carbocycles. The zero-order valence-corrected chi connectivity index (χ0v) is 9.17. The number of carbonyl (C=O) groups excluding carboxylic acids is 1. The van der Waals surface area contributed by atoms with Crippen molar-refractivity contribution in [3.63, 3.8) is 0 Å². The molecule has 0 unspecified atom stereocenters. The number of hydrogen-bond acceptors (Lipinski definition) is 1. The zero-order chi connectivity index (χ0) is 10.4. The number of para-hydroxylation sites is 1. The fraction of sp³-hybridized carbons (Fsp3) is 0.100. The third-order valence-electron chi connectivity index (χ3n) is 1.53. The first-order chi connectivity index (χ1) is 6.74. The summed E-state index contributed by atoms with van der Waals surface area (Å²) in [5.74, 6) is 0. The number of halogens is 1. The predicted octanol–water partition coefficient (Wildman–Crippen LogP) is 2.76. The Hall–Kier alpha value is -1.29. The molecule has 0 aliphatic heterocycles. The second-order valence-corrected chi connectivity index (χ2v) is 3.46. The van der Waals surface area contributed by atoms with Crippen molar-refractivity contribution in [1.82, 2.24) is 5.32 Å². The molecule has 0 radical (unpaired) electrons. The zero-order valence-electron chi connectivity index (χ0n) is 7.59. The smallest absolute Gasteiger partial charge is 0.319 e. The van der Waals surface area contributed by atoms with Gasteiger partial charge in [-0.05, 0) is 28.1 Å². The van der Waals surface area contributed by atoms with E-state index in [0.29, 0.717) is 6.54 Å². The van der Waals surface area contributed by atoms with Crippen molar-refractivity contribution in [3.8, 4) is 0 Å². The van der Waals surface area contributed by atoms with Crippen molar-refractivity contribution < 1.29 is 4.79 Å². The second kappa shape index (κ2) is 5.44. The summed E-state index contributed by atoms with van der Waals surface area (Å²) in [5, 5.41) is 5.32. The monoisotopic (exact) mass is 254 g/mol. The van der Waals surface area contributed by atoms with E-state index in [2.05, 4.69) is 33.1 Å². The van der Waals surface area contributed by atoms with Crippen LogP contribution in [-0.4, -0.2) is 12.6 Å². The van der Waals surface area contributed by atoms with Crippen LogP contribution in [0.2, 0.25) is 0 Å². The summed E-state index contributed by atoms with van der Waals surface area (Å²) in [6, 6.07) is 7.18. The maximum Gasteiger partial charge on any atom is 0.319 e. The molecule has 2 N–H and O–H groups in total. The first kappa shape index (κ1) is 10.8. The highest BCUT2D eigenvalue weighted by atomic mass is 79.9. The molecular formula is C10H11BrN2O. The molecule has 0 atom stereocenters. The Bertz CT molecular complexity index is 339. The number of benzene rings is 1. The molecule has 0 saturated heterocycles. The summed E-state index contributed by atoms with van der Waals surface area (Å²) in [7, 11) is 0. The number of hydrogen-bond donors (Lipinski definition) is 2. The molecule has 1 aromatic rings. The molecule has 1 rings (SSSR count). The molecule has 2 amide bonds. The van der Waals surface area contributed by atoms with Gasteiger partial charge in [0, 0.05) is 11.0 Å². The van der Waals surface area contributed by atoms with E-state index in [4.69, 9.17) is 0 Å². The molecule has 0 heterocycles. The predicted molar refractivity (Wildman–Crippen MR) is 61.4 cm³/mol. The minimum absolute atomic E-state index is 0.239. The quantitative estimate of drug-likeness (QED) is 0.801. The minimum atomic E-state index is -0.239. The average Bonchev–Trinajstić information content (AvgIpc) is 2.18. The van der Waals surface area contributed by atoms with Gasteiger partial charge in [0.05, 0.1) is 5.69 Å². The lowest BCUT2D eigenvalue weighted by molar-refractivity contribution is 0.253. The van der Waals surface area contributed by atoms with Gasteiger partial charge in [0.1, 0.15) is 0 Å². The Kier molecular flexibility index (Phi) is 4.19. The third-order valence-corrected chi connectivity index (χ3v) is 2.22. The first-order valence-electron chi connectivity index (χ1n) is 4.14. The molecule has 0 bridgehead atoms. The molecule has 0 aromatic heterocycles. The van der Waals surface area contributed by atoms with E-state index in [1.807, 2.05) is 24.3 Å². The van der Waals surface area contributed by atoms with Crippen molar-refractivity contribution in [1.29, 1.82) is 0 Å². The highest BCUT2D eigenvalue weighted by molar-refractivity contribution is 9.10. The van der Waals surface area contributed by atoms with Gasteiger partial charge in [-0.2, -0.15) is 0 Å². The van der Waals surface area contributed by atoms with Crippen LogP contribution in [-0.2, 0) is 0 Å². The number of rotatable bonds is 3. The topological polar surface area (TPSA) is 41.1 Å². The van der Waals surface area contributed by atoms with Crippen LogP contribution in [0, 0.1) is 0 Å². The molecule has 0 spiro atoms. The summed E-state index contributed by atoms with van der Waals surface area (Å²) in [5.41, 5.74) is 0.745. The maximum atomic E-state index is 11.2. The highest BCUT2D eigenvalue weighted by Crippen LogP contribution is 2.20. The van der Waals surface area contributed by atoms with E-state index in [-0.39, 0.29) is 6.03 Å². The van der Waals surface area contributed by atoms with Crippen molar-refractivity contribution in [2.45, 2.75) is 0 Å². The van der Waals surface area contributed by atoms with Gasteiger partial charge in [-0.25, -0.2) is 4.79 Å². The molecule has 4 heteroatoms. The Labute approximate surface area is 91.3 Å². The van der Waals surface area contributed by atoms with Crippen LogP contribution < -0.4 is 10.6 Å². The van der Waals surface area contributed by atoms with Crippen LogP contribution in [0.5, 0.6) is 0 Å². The van der Waals surface area contributed by atoms with Crippen molar-refractivity contribution in [3.05, 3.63) is 41.4 Å². The minimum Gasteiger partial charge on any atom is -0.334 e. The molecule has 14 heavy (non-hydrogen) atoms. The Balaban J connectivity index is 2.56. The van der Waals surface area contributed by atoms with Crippen molar-refractivity contribution in [2.24, 2.45) is 0 Å². The Morgan fingerprint density at radius 1 is 1.50 bits per heavy atom. The van der Waals surface area contributed by atoms with Gasteiger partial charge < -0.3 is 10.6 Å². The fourth-order valence-corrected chi connectivity index (χ4v) is 1.28. The van der Waals surface area contributed by atoms with Gasteiger partial charge >= 0.3 is 6.03 Å². The summed E-state index contributed by atoms with van der Waals surface area (Å²) in [4.78, 5) is 11.2. The lowest BCUT2D eigenvalue weighted by Gasteiger charge is -2.06. The molecule has 0 aliphatic carbocycles. The first-order valence-corrected chi connectivity index (χ1v) is 4.93. The van der Waals surface area contributed by atoms with Gasteiger partial charge in [0.15, 0.2) is 0 Å². The van der Waals surface area contributed by atoms with Crippen LogP contribution in [0.15, 0.2) is 41.4 Å². The molecule has 3 nitrogen and oxygen atoms in total. The lowest BCUT2D eigenvalue weighted by atomic mass is 10.3. The molecule has 74 valence electrons. The molecule has 0 fully saturated rings. The van der Waals surface area contributed by atoms with Gasteiger partial charge in [-0.15, -0.1) is 6.58 Å². The molecule has 0 saturated carbocycles. The number of nitrogens with one attached hydrogen (secondary N) is 2. The number of amides is 2. The number of anilines is 1. The summed E-state index contributed by atoms with van der Waals surface area (Å²) in [6.07, 6.45) is 1.62. The summed E-state index contributed by atoms with van der Waals surface area (Å²) < 4.78 is 0.855. The van der Waals surface area contributed by atoms with E-state index >= 15 is 0 Å². The third kappa shape index (κ3) is 3.22. The number of carbonyl (C=O) groups is 1. The van der Waals surface area contributed by atoms with Crippen LogP contribution >= 0.6 is 15.9 Å². The van der Waals surface area contributed by atoms with Gasteiger partial charge in [0.25, 0.3) is 0 Å². The Morgan fingerprint density at radius 3 is 2.86 bits per heavy atom.